The second kappa shape index (κ2) is 7.77. The summed E-state index contributed by atoms with van der Waals surface area (Å²) in [6.07, 6.45) is 3.30. The van der Waals surface area contributed by atoms with Gasteiger partial charge in [0.2, 0.25) is 0 Å². The van der Waals surface area contributed by atoms with Crippen molar-refractivity contribution in [3.05, 3.63) is 56.8 Å². The third-order valence-electron chi connectivity index (χ3n) is 4.14. The van der Waals surface area contributed by atoms with Crippen molar-refractivity contribution in [1.82, 2.24) is 5.32 Å². The lowest BCUT2D eigenvalue weighted by Crippen LogP contribution is -2.23. The lowest BCUT2D eigenvalue weighted by atomic mass is 9.93. The van der Waals surface area contributed by atoms with Crippen LogP contribution in [0.2, 0.25) is 0 Å². The monoisotopic (exact) mass is 301 g/mol. The van der Waals surface area contributed by atoms with Gasteiger partial charge in [0, 0.05) is 4.88 Å². The van der Waals surface area contributed by atoms with Gasteiger partial charge in [0.15, 0.2) is 0 Å². The van der Waals surface area contributed by atoms with Crippen molar-refractivity contribution in [3.8, 4) is 0 Å². The van der Waals surface area contributed by atoms with Gasteiger partial charge in [0.25, 0.3) is 0 Å². The van der Waals surface area contributed by atoms with Gasteiger partial charge in [-0.15, -0.1) is 11.3 Å². The van der Waals surface area contributed by atoms with Crippen LogP contribution in [0, 0.1) is 0 Å². The first-order valence-corrected chi connectivity index (χ1v) is 9.04. The minimum Gasteiger partial charge on any atom is -0.306 e. The van der Waals surface area contributed by atoms with Crippen molar-refractivity contribution in [2.45, 2.75) is 53.0 Å². The van der Waals surface area contributed by atoms with Gasteiger partial charge in [-0.05, 0) is 59.5 Å². The lowest BCUT2D eigenvalue weighted by Gasteiger charge is -2.22. The summed E-state index contributed by atoms with van der Waals surface area (Å²) in [5.74, 6) is 0. The van der Waals surface area contributed by atoms with Crippen molar-refractivity contribution in [2.75, 3.05) is 6.54 Å². The summed E-state index contributed by atoms with van der Waals surface area (Å²) in [4.78, 5) is 1.49. The highest BCUT2D eigenvalue weighted by molar-refractivity contribution is 7.10. The summed E-state index contributed by atoms with van der Waals surface area (Å²) >= 11 is 1.89. The Labute approximate surface area is 133 Å². The maximum atomic E-state index is 3.71. The molecule has 0 saturated heterocycles. The van der Waals surface area contributed by atoms with Crippen molar-refractivity contribution in [1.29, 1.82) is 0 Å². The molecule has 0 aliphatic carbocycles. The zero-order valence-corrected chi connectivity index (χ0v) is 14.5. The Morgan fingerprint density at radius 1 is 0.952 bits per heavy atom. The quantitative estimate of drug-likeness (QED) is 0.747. The zero-order chi connectivity index (χ0) is 15.2. The van der Waals surface area contributed by atoms with Crippen molar-refractivity contribution in [3.63, 3.8) is 0 Å². The second-order valence-electron chi connectivity index (χ2n) is 5.39. The molecule has 1 N–H and O–H groups in total. The first-order valence-electron chi connectivity index (χ1n) is 8.16. The van der Waals surface area contributed by atoms with Crippen LogP contribution in [0.4, 0.5) is 0 Å². The molecular weight excluding hydrogens is 274 g/mol. The van der Waals surface area contributed by atoms with Gasteiger partial charge in [-0.2, -0.15) is 0 Å². The molecule has 2 aromatic rings. The van der Waals surface area contributed by atoms with E-state index in [0.717, 1.165) is 25.8 Å². The highest BCUT2D eigenvalue weighted by Crippen LogP contribution is 2.33. The molecule has 0 spiro atoms. The van der Waals surface area contributed by atoms with Crippen LogP contribution in [0.15, 0.2) is 29.6 Å². The van der Waals surface area contributed by atoms with Crippen LogP contribution in [0.1, 0.15) is 60.9 Å². The number of aryl methyl sites for hydroxylation is 3. The highest BCUT2D eigenvalue weighted by Gasteiger charge is 2.20. The number of nitrogens with one attached hydrogen (secondary N) is 1. The topological polar surface area (TPSA) is 12.0 Å². The van der Waals surface area contributed by atoms with Crippen molar-refractivity contribution in [2.24, 2.45) is 0 Å². The molecular formula is C19H27NS. The molecule has 0 aliphatic heterocycles. The van der Waals surface area contributed by atoms with Crippen LogP contribution in [-0.4, -0.2) is 6.54 Å². The number of benzene rings is 1. The van der Waals surface area contributed by atoms with Gasteiger partial charge < -0.3 is 5.32 Å². The zero-order valence-electron chi connectivity index (χ0n) is 13.7. The molecule has 1 heterocycles. The minimum atomic E-state index is 0.339. The summed E-state index contributed by atoms with van der Waals surface area (Å²) in [6, 6.07) is 9.62. The van der Waals surface area contributed by atoms with E-state index >= 15 is 0 Å². The summed E-state index contributed by atoms with van der Waals surface area (Å²) in [5.41, 5.74) is 5.85. The maximum Gasteiger partial charge on any atom is 0.0676 e. The molecule has 1 nitrogen and oxygen atoms in total. The lowest BCUT2D eigenvalue weighted by molar-refractivity contribution is 0.629. The summed E-state index contributed by atoms with van der Waals surface area (Å²) < 4.78 is 0. The van der Waals surface area contributed by atoms with E-state index in [1.807, 2.05) is 11.3 Å². The van der Waals surface area contributed by atoms with Crippen molar-refractivity contribution < 1.29 is 0 Å². The number of rotatable bonds is 7. The first kappa shape index (κ1) is 16.3. The van der Waals surface area contributed by atoms with Crippen LogP contribution in [0.5, 0.6) is 0 Å². The average Bonchev–Trinajstić information content (AvgIpc) is 3.00. The fourth-order valence-corrected chi connectivity index (χ4v) is 3.98. The largest absolute Gasteiger partial charge is 0.306 e. The molecule has 0 saturated carbocycles. The van der Waals surface area contributed by atoms with Gasteiger partial charge in [0.05, 0.1) is 6.04 Å². The molecule has 1 aromatic heterocycles. The van der Waals surface area contributed by atoms with Gasteiger partial charge in [-0.1, -0.05) is 45.9 Å². The van der Waals surface area contributed by atoms with Crippen LogP contribution in [0.3, 0.4) is 0 Å². The highest BCUT2D eigenvalue weighted by atomic mass is 32.1. The minimum absolute atomic E-state index is 0.339. The van der Waals surface area contributed by atoms with E-state index in [0.29, 0.717) is 6.04 Å². The third kappa shape index (κ3) is 3.56. The average molecular weight is 301 g/mol. The van der Waals surface area contributed by atoms with E-state index in [9.17, 15) is 0 Å². The van der Waals surface area contributed by atoms with E-state index in [1.165, 1.54) is 27.1 Å². The van der Waals surface area contributed by atoms with E-state index in [2.05, 4.69) is 62.7 Å². The summed E-state index contributed by atoms with van der Waals surface area (Å²) in [7, 11) is 0. The fraction of sp³-hybridized carbons (Fsp3) is 0.474. The van der Waals surface area contributed by atoms with E-state index in [1.54, 1.807) is 0 Å². The van der Waals surface area contributed by atoms with E-state index in [4.69, 9.17) is 0 Å². The predicted molar refractivity (Wildman–Crippen MR) is 94.4 cm³/mol. The smallest absolute Gasteiger partial charge is 0.0676 e. The molecule has 0 bridgehead atoms. The molecule has 1 unspecified atom stereocenters. The molecule has 1 atom stereocenters. The molecule has 2 rings (SSSR count). The van der Waals surface area contributed by atoms with Gasteiger partial charge in [-0.3, -0.25) is 0 Å². The van der Waals surface area contributed by atoms with Gasteiger partial charge in [0.1, 0.15) is 0 Å². The molecule has 21 heavy (non-hydrogen) atoms. The van der Waals surface area contributed by atoms with Gasteiger partial charge >= 0.3 is 0 Å². The molecule has 0 fully saturated rings. The Hall–Kier alpha value is -1.12. The molecule has 2 heteroatoms. The number of hydrogen-bond acceptors (Lipinski definition) is 2. The first-order chi connectivity index (χ1) is 10.2. The third-order valence-corrected chi connectivity index (χ3v) is 5.17. The molecule has 0 amide bonds. The fourth-order valence-electron chi connectivity index (χ4n) is 2.90. The van der Waals surface area contributed by atoms with Crippen molar-refractivity contribution >= 4 is 11.3 Å². The van der Waals surface area contributed by atoms with Crippen LogP contribution in [-0.2, 0) is 19.3 Å². The van der Waals surface area contributed by atoms with E-state index in [-0.39, 0.29) is 0 Å². The molecule has 0 aliphatic rings. The molecule has 114 valence electrons. The Kier molecular flexibility index (Phi) is 6.01. The standard InChI is InChI=1S/C19H27NS/c1-5-14-9-10-15(6-2)17(13-14)18(20-8-4)19-16(7-3)11-12-21-19/h9-13,18,20H,5-8H2,1-4H3. The van der Waals surface area contributed by atoms with Crippen LogP contribution >= 0.6 is 11.3 Å². The Morgan fingerprint density at radius 2 is 1.71 bits per heavy atom. The Bertz CT molecular complexity index is 571. The summed E-state index contributed by atoms with van der Waals surface area (Å²) in [6.45, 7) is 9.92. The number of thiophene rings is 1. The predicted octanol–water partition coefficient (Wildman–Crippen LogP) is 5.13. The molecule has 0 radical (unpaired) electrons. The van der Waals surface area contributed by atoms with Crippen LogP contribution in [0.25, 0.3) is 0 Å². The normalized spacial score (nSPS) is 12.6. The van der Waals surface area contributed by atoms with E-state index < -0.39 is 0 Å². The summed E-state index contributed by atoms with van der Waals surface area (Å²) in [5, 5.41) is 5.94. The maximum absolute atomic E-state index is 3.71. The van der Waals surface area contributed by atoms with Crippen LogP contribution < -0.4 is 5.32 Å². The second-order valence-corrected chi connectivity index (χ2v) is 6.34. The van der Waals surface area contributed by atoms with Gasteiger partial charge in [-0.25, -0.2) is 0 Å². The molecule has 1 aromatic carbocycles. The number of hydrogen-bond donors (Lipinski definition) is 1. The Balaban J connectivity index is 2.51. The SMILES string of the molecule is CCNC(c1cc(CC)ccc1CC)c1sccc1CC. The Morgan fingerprint density at radius 3 is 2.33 bits per heavy atom.